The van der Waals surface area contributed by atoms with Crippen molar-refractivity contribution in [1.82, 2.24) is 98.4 Å². The summed E-state index contributed by atoms with van der Waals surface area (Å²) in [6, 6.07) is 13.8. The van der Waals surface area contributed by atoms with Crippen molar-refractivity contribution < 1.29 is 52.6 Å². The fourth-order valence-electron chi connectivity index (χ4n) is 15.9. The minimum atomic E-state index is -0.577. The topological polar surface area (TPSA) is 246 Å². The monoisotopic (exact) mass is 1850 g/mol. The number of carbonyl (C=O) groups is 9. The molecule has 8 rings (SSSR count). The Morgan fingerprint density at radius 1 is 0.313 bits per heavy atom. The number of amides is 8. The van der Waals surface area contributed by atoms with Crippen molar-refractivity contribution in [2.24, 2.45) is 0 Å². The van der Waals surface area contributed by atoms with Gasteiger partial charge in [-0.3, -0.25) is 77.6 Å². The van der Waals surface area contributed by atoms with Gasteiger partial charge in [-0.2, -0.15) is 0 Å². The zero-order valence-corrected chi connectivity index (χ0v) is 89.6. The van der Waals surface area contributed by atoms with Crippen LogP contribution in [0.3, 0.4) is 0 Å². The van der Waals surface area contributed by atoms with Gasteiger partial charge >= 0.3 is 12.1 Å². The summed E-state index contributed by atoms with van der Waals surface area (Å²) in [6.45, 7) is 82.8. The Morgan fingerprint density at radius 2 is 0.580 bits per heavy atom. The highest BCUT2D eigenvalue weighted by Crippen LogP contribution is 2.28. The summed E-state index contributed by atoms with van der Waals surface area (Å²) in [5.41, 5.74) is -0.549. The van der Waals surface area contributed by atoms with E-state index in [9.17, 15) is 43.2 Å². The molecule has 1 aromatic rings. The third kappa shape index (κ3) is 51.5. The van der Waals surface area contributed by atoms with E-state index in [4.69, 9.17) is 9.47 Å². The van der Waals surface area contributed by atoms with E-state index in [-0.39, 0.29) is 59.9 Å². The van der Waals surface area contributed by atoms with Crippen molar-refractivity contribution in [3.8, 4) is 0 Å². The SMILES string of the molecule is CC(C)N1CCN(C(=O)CC(CC(=O)OC(C)(C)C)c2ccccc2)CC1.CC(C)N1CCN(C(=O)CCCN(C)C)CC1.CC(C)N1CCN(C(=O)CCN(C)C)CC1.CC(C)N1CCN(C(=O)CN(C(=O)OC(C)(C)C)C(C)(C)C)CC1.CC(C)N1CCN(C(=O)CN(C)C)CC1.CC(C)N1CCN(C(=O)CN(C)C)CC1.CC(C)N1CCN(C(=O)CNC(C)(C)C)CC1. The smallest absolute Gasteiger partial charge is 0.411 e. The summed E-state index contributed by atoms with van der Waals surface area (Å²) in [6.07, 6.45) is 2.43. The maximum Gasteiger partial charge on any atom is 0.411 e. The summed E-state index contributed by atoms with van der Waals surface area (Å²) in [7, 11) is 15.8. The van der Waals surface area contributed by atoms with Gasteiger partial charge in [0, 0.05) is 268 Å². The van der Waals surface area contributed by atoms with Crippen LogP contribution in [0.1, 0.15) is 224 Å². The molecule has 1 atom stereocenters. The first-order valence-corrected chi connectivity index (χ1v) is 49.5. The van der Waals surface area contributed by atoms with Crippen LogP contribution in [0.25, 0.3) is 0 Å². The van der Waals surface area contributed by atoms with Gasteiger partial charge < -0.3 is 68.7 Å². The van der Waals surface area contributed by atoms with Crippen LogP contribution in [-0.2, 0) is 47.8 Å². The summed E-state index contributed by atoms with van der Waals surface area (Å²) in [5.74, 6) is 1.06. The minimum absolute atomic E-state index is 0.00934. The number of carbonyl (C=O) groups excluding carboxylic acids is 9. The standard InChI is InChI=1S/C22H34N2O3.C18H35N3O3.2C13H27N3O.C12H25N3O.2C11H23N3O/c1-17(2)23-11-13-24(14-12-23)20(25)15-19(18-9-7-6-8-10-18)16-21(26)27-22(3,4)5;1-14(2)19-9-11-20(12-10-19)15(22)13-21(17(3,4)5)16(23)24-18(6,7)8;1-11(2)15-6-8-16(9-7-15)12(17)10-14-13(3,4)5;1-12(2)15-8-10-16(11-9-15)13(17)6-5-7-14(3)4;1-11(2)14-7-9-15(10-8-14)12(16)5-6-13(3)4;2*1-10(2)13-5-7-14(8-6-13)11(15)9-12(3)4/h6-10,17,19H,11-16H2,1-5H3;14H,9-13H2,1-8H3;11,14H,6-10H2,1-5H3;12H,5-11H2,1-4H3;11H,5-10H2,1-4H3;2*10H,5-9H2,1-4H3. The first-order chi connectivity index (χ1) is 60.8. The van der Waals surface area contributed by atoms with E-state index >= 15 is 0 Å². The molecule has 1 N–H and O–H groups in total. The molecule has 131 heavy (non-hydrogen) atoms. The minimum Gasteiger partial charge on any atom is -0.460 e. The number of likely N-dealkylation sites (N-methyl/N-ethyl adjacent to an activating group) is 2. The number of esters is 1. The summed E-state index contributed by atoms with van der Waals surface area (Å²) >= 11 is 0. The predicted octanol–water partition coefficient (Wildman–Crippen LogP) is 8.52. The molecular formula is C100H194N20O11. The van der Waals surface area contributed by atoms with Crippen LogP contribution in [0.2, 0.25) is 0 Å². The normalized spacial score (nSPS) is 18.0. The zero-order chi connectivity index (χ0) is 99.6. The first-order valence-electron chi connectivity index (χ1n) is 49.5. The summed E-state index contributed by atoms with van der Waals surface area (Å²) in [4.78, 5) is 150. The maximum atomic E-state index is 12.9. The molecule has 7 aliphatic heterocycles. The fraction of sp³-hybridized carbons (Fsp3) is 0.850. The Morgan fingerprint density at radius 3 is 0.840 bits per heavy atom. The van der Waals surface area contributed by atoms with Crippen LogP contribution in [-0.4, -0.2) is 490 Å². The van der Waals surface area contributed by atoms with Crippen LogP contribution in [0.4, 0.5) is 4.79 Å². The molecule has 7 heterocycles. The molecule has 0 spiro atoms. The van der Waals surface area contributed by atoms with E-state index in [1.807, 2.05) is 193 Å². The van der Waals surface area contributed by atoms with E-state index < -0.39 is 22.8 Å². The van der Waals surface area contributed by atoms with Crippen molar-refractivity contribution in [3.63, 3.8) is 0 Å². The lowest BCUT2D eigenvalue weighted by atomic mass is 9.91. The Labute approximate surface area is 797 Å². The molecule has 7 fully saturated rings. The van der Waals surface area contributed by atoms with E-state index in [2.05, 4.69) is 167 Å². The lowest BCUT2D eigenvalue weighted by Crippen LogP contribution is -2.56. The number of benzene rings is 1. The van der Waals surface area contributed by atoms with Crippen molar-refractivity contribution in [3.05, 3.63) is 35.9 Å². The van der Waals surface area contributed by atoms with E-state index in [1.165, 1.54) is 4.90 Å². The predicted molar refractivity (Wildman–Crippen MR) is 536 cm³/mol. The number of ether oxygens (including phenoxy) is 2. The quantitative estimate of drug-likeness (QED) is 0.0811. The van der Waals surface area contributed by atoms with Crippen LogP contribution < -0.4 is 5.32 Å². The molecule has 0 aliphatic carbocycles. The molecule has 1 unspecified atom stereocenters. The molecule has 8 amide bonds. The summed E-state index contributed by atoms with van der Waals surface area (Å²) < 4.78 is 11.0. The Bertz CT molecular complexity index is 3330. The Kier molecular flexibility index (Phi) is 55.7. The van der Waals surface area contributed by atoms with Crippen LogP contribution >= 0.6 is 0 Å². The first kappa shape index (κ1) is 121. The fourth-order valence-corrected chi connectivity index (χ4v) is 15.9. The molecule has 7 aliphatic rings. The third-order valence-electron chi connectivity index (χ3n) is 24.5. The van der Waals surface area contributed by atoms with Gasteiger partial charge in [0.1, 0.15) is 17.7 Å². The van der Waals surface area contributed by atoms with Gasteiger partial charge in [0.25, 0.3) is 0 Å². The lowest BCUT2D eigenvalue weighted by Gasteiger charge is -2.40. The number of hydrogen-bond donors (Lipinski definition) is 1. The highest BCUT2D eigenvalue weighted by atomic mass is 16.6. The summed E-state index contributed by atoms with van der Waals surface area (Å²) in [5, 5.41) is 3.25. The number of rotatable bonds is 27. The van der Waals surface area contributed by atoms with E-state index in [0.717, 1.165) is 195 Å². The highest BCUT2D eigenvalue weighted by Gasteiger charge is 2.36. The molecule has 0 radical (unpaired) electrons. The van der Waals surface area contributed by atoms with Gasteiger partial charge in [-0.25, -0.2) is 4.79 Å². The highest BCUT2D eigenvalue weighted by molar-refractivity contribution is 5.83. The number of nitrogens with one attached hydrogen (secondary N) is 1. The van der Waals surface area contributed by atoms with Crippen molar-refractivity contribution in [2.75, 3.05) is 279 Å². The number of hydrogen-bond acceptors (Lipinski definition) is 23. The van der Waals surface area contributed by atoms with Crippen molar-refractivity contribution in [1.29, 1.82) is 0 Å². The molecule has 7 saturated heterocycles. The van der Waals surface area contributed by atoms with Crippen LogP contribution in [0, 0.1) is 0 Å². The average Bonchev–Trinajstić information content (AvgIpc) is 0.817. The van der Waals surface area contributed by atoms with E-state index in [1.54, 1.807) is 0 Å². The third-order valence-corrected chi connectivity index (χ3v) is 24.5. The lowest BCUT2D eigenvalue weighted by molar-refractivity contribution is -0.155. The second-order valence-corrected chi connectivity index (χ2v) is 43.5. The molecule has 1 aromatic carbocycles. The second kappa shape index (κ2) is 60.4. The van der Waals surface area contributed by atoms with E-state index in [0.29, 0.717) is 106 Å². The van der Waals surface area contributed by atoms with Crippen LogP contribution in [0.5, 0.6) is 0 Å². The molecule has 31 heteroatoms. The van der Waals surface area contributed by atoms with Gasteiger partial charge in [-0.1, -0.05) is 30.3 Å². The van der Waals surface area contributed by atoms with Gasteiger partial charge in [-0.05, 0) is 255 Å². The average molecular weight is 1850 g/mol. The Hall–Kier alpha value is -6.23. The van der Waals surface area contributed by atoms with Gasteiger partial charge in [0.2, 0.25) is 41.4 Å². The number of piperazine rings is 7. The molecule has 760 valence electrons. The molecular weight excluding hydrogens is 1660 g/mol. The van der Waals surface area contributed by atoms with Crippen molar-refractivity contribution >= 4 is 53.4 Å². The largest absolute Gasteiger partial charge is 0.460 e. The second-order valence-electron chi connectivity index (χ2n) is 43.5. The number of nitrogens with zero attached hydrogens (tertiary/aromatic N) is 19. The molecule has 0 aromatic heterocycles. The molecule has 0 saturated carbocycles. The Balaban J connectivity index is 0.000000523. The molecule has 31 nitrogen and oxygen atoms in total. The maximum absolute atomic E-state index is 12.9. The molecule has 0 bridgehead atoms. The zero-order valence-electron chi connectivity index (χ0n) is 89.6. The van der Waals surface area contributed by atoms with Gasteiger partial charge in [0.05, 0.1) is 26.1 Å². The van der Waals surface area contributed by atoms with Crippen molar-refractivity contribution in [2.45, 2.75) is 283 Å². The van der Waals surface area contributed by atoms with Crippen LogP contribution in [0.15, 0.2) is 30.3 Å². The van der Waals surface area contributed by atoms with Gasteiger partial charge in [0.15, 0.2) is 0 Å². The van der Waals surface area contributed by atoms with Gasteiger partial charge in [-0.15, -0.1) is 0 Å².